The number of nitriles is 1. The minimum absolute atomic E-state index is 0.0280. The minimum Gasteiger partial charge on any atom is -0.394 e. The van der Waals surface area contributed by atoms with Crippen molar-refractivity contribution in [3.63, 3.8) is 0 Å². The number of ether oxygens (including phenoxy) is 1. The van der Waals surface area contributed by atoms with Crippen LogP contribution in [0.4, 0.5) is 5.69 Å². The average molecular weight is 219 g/mol. The van der Waals surface area contributed by atoms with Gasteiger partial charge in [0.25, 0.3) is 0 Å². The van der Waals surface area contributed by atoms with Gasteiger partial charge in [-0.2, -0.15) is 5.26 Å². The zero-order valence-corrected chi connectivity index (χ0v) is 8.83. The highest BCUT2D eigenvalue weighted by molar-refractivity contribution is 5.46. The second kappa shape index (κ2) is 4.92. The van der Waals surface area contributed by atoms with Gasteiger partial charge < -0.3 is 14.7 Å². The molecule has 0 bridgehead atoms. The molecule has 0 radical (unpaired) electrons. The summed E-state index contributed by atoms with van der Waals surface area (Å²) in [5.41, 5.74) is 1.37. The summed E-state index contributed by atoms with van der Waals surface area (Å²) in [5.74, 6) is 0. The fourth-order valence-electron chi connectivity index (χ4n) is 1.70. The monoisotopic (exact) mass is 219 g/mol. The maximum Gasteiger partial charge on any atom is 0.140 e. The average Bonchev–Trinajstić information content (AvgIpc) is 2.39. The molecule has 0 aromatic carbocycles. The van der Waals surface area contributed by atoms with E-state index >= 15 is 0 Å². The molecule has 1 aliphatic rings. The summed E-state index contributed by atoms with van der Waals surface area (Å²) in [7, 11) is 0. The predicted octanol–water partition coefficient (Wildman–Crippen LogP) is 0.151. The summed E-state index contributed by atoms with van der Waals surface area (Å²) in [6.07, 6.45) is 1.54. The van der Waals surface area contributed by atoms with Crippen LogP contribution in [0.2, 0.25) is 0 Å². The standard InChI is InChI=1S/C11H13N3O2/c12-5-9-1-2-10(6-13-9)14-3-4-16-11(7-14)8-15/h1-2,6,11,15H,3-4,7-8H2. The molecule has 1 saturated heterocycles. The molecule has 0 saturated carbocycles. The van der Waals surface area contributed by atoms with Crippen LogP contribution in [-0.4, -0.2) is 42.5 Å². The van der Waals surface area contributed by atoms with Crippen molar-refractivity contribution < 1.29 is 9.84 Å². The Balaban J connectivity index is 2.08. The highest BCUT2D eigenvalue weighted by atomic mass is 16.5. The van der Waals surface area contributed by atoms with Gasteiger partial charge in [0.15, 0.2) is 0 Å². The Bertz CT molecular complexity index is 385. The van der Waals surface area contributed by atoms with Gasteiger partial charge in [-0.15, -0.1) is 0 Å². The minimum atomic E-state index is -0.135. The van der Waals surface area contributed by atoms with Crippen molar-refractivity contribution in [1.82, 2.24) is 4.98 Å². The molecule has 0 amide bonds. The molecule has 16 heavy (non-hydrogen) atoms. The second-order valence-electron chi connectivity index (χ2n) is 3.63. The Labute approximate surface area is 93.9 Å². The van der Waals surface area contributed by atoms with Gasteiger partial charge in [-0.3, -0.25) is 0 Å². The number of aliphatic hydroxyl groups is 1. The summed E-state index contributed by atoms with van der Waals surface area (Å²) < 4.78 is 5.36. The van der Waals surface area contributed by atoms with E-state index in [9.17, 15) is 0 Å². The van der Waals surface area contributed by atoms with Gasteiger partial charge in [-0.1, -0.05) is 0 Å². The van der Waals surface area contributed by atoms with Crippen LogP contribution in [0.5, 0.6) is 0 Å². The highest BCUT2D eigenvalue weighted by Crippen LogP contribution is 2.16. The Morgan fingerprint density at radius 3 is 3.12 bits per heavy atom. The number of nitrogens with zero attached hydrogens (tertiary/aromatic N) is 3. The lowest BCUT2D eigenvalue weighted by molar-refractivity contribution is 0.00355. The number of hydrogen-bond acceptors (Lipinski definition) is 5. The zero-order valence-electron chi connectivity index (χ0n) is 8.83. The van der Waals surface area contributed by atoms with Crippen molar-refractivity contribution in [2.24, 2.45) is 0 Å². The SMILES string of the molecule is N#Cc1ccc(N2CCOC(CO)C2)cn1. The van der Waals surface area contributed by atoms with Crippen LogP contribution in [0.15, 0.2) is 18.3 Å². The van der Waals surface area contributed by atoms with Crippen molar-refractivity contribution >= 4 is 5.69 Å². The fourth-order valence-corrected chi connectivity index (χ4v) is 1.70. The fraction of sp³-hybridized carbons (Fsp3) is 0.455. The zero-order chi connectivity index (χ0) is 11.4. The Morgan fingerprint density at radius 1 is 1.62 bits per heavy atom. The van der Waals surface area contributed by atoms with Crippen molar-refractivity contribution in [2.75, 3.05) is 31.2 Å². The number of aromatic nitrogens is 1. The molecular weight excluding hydrogens is 206 g/mol. The first-order valence-corrected chi connectivity index (χ1v) is 5.17. The van der Waals surface area contributed by atoms with Gasteiger partial charge in [-0.05, 0) is 12.1 Å². The topological polar surface area (TPSA) is 69.4 Å². The third kappa shape index (κ3) is 2.30. The third-order valence-corrected chi connectivity index (χ3v) is 2.57. The Kier molecular flexibility index (Phi) is 3.34. The van der Waals surface area contributed by atoms with Crippen molar-refractivity contribution in [1.29, 1.82) is 5.26 Å². The van der Waals surface area contributed by atoms with Crippen molar-refractivity contribution in [3.05, 3.63) is 24.0 Å². The van der Waals surface area contributed by atoms with E-state index in [1.807, 2.05) is 12.1 Å². The molecule has 1 N–H and O–H groups in total. The highest BCUT2D eigenvalue weighted by Gasteiger charge is 2.19. The molecule has 2 heterocycles. The molecule has 0 aliphatic carbocycles. The molecule has 1 atom stereocenters. The van der Waals surface area contributed by atoms with E-state index in [-0.39, 0.29) is 12.7 Å². The largest absolute Gasteiger partial charge is 0.394 e. The maximum atomic E-state index is 9.03. The molecule has 2 rings (SSSR count). The first-order valence-electron chi connectivity index (χ1n) is 5.17. The number of rotatable bonds is 2. The smallest absolute Gasteiger partial charge is 0.140 e. The van der Waals surface area contributed by atoms with Crippen LogP contribution in [-0.2, 0) is 4.74 Å². The number of morpholine rings is 1. The number of anilines is 1. The van der Waals surface area contributed by atoms with E-state index < -0.39 is 0 Å². The summed E-state index contributed by atoms with van der Waals surface area (Å²) >= 11 is 0. The predicted molar refractivity (Wildman–Crippen MR) is 58.0 cm³/mol. The van der Waals surface area contributed by atoms with Crippen LogP contribution < -0.4 is 4.90 Å². The van der Waals surface area contributed by atoms with Crippen LogP contribution in [0.25, 0.3) is 0 Å². The maximum absolute atomic E-state index is 9.03. The Hall–Kier alpha value is -1.64. The van der Waals surface area contributed by atoms with E-state index in [0.29, 0.717) is 18.8 Å². The van der Waals surface area contributed by atoms with Crippen LogP contribution in [0.3, 0.4) is 0 Å². The summed E-state index contributed by atoms with van der Waals surface area (Å²) in [4.78, 5) is 6.11. The first-order chi connectivity index (χ1) is 7.83. The van der Waals surface area contributed by atoms with Gasteiger partial charge in [0.1, 0.15) is 11.8 Å². The van der Waals surface area contributed by atoms with Crippen molar-refractivity contribution in [3.8, 4) is 6.07 Å². The number of hydrogen-bond donors (Lipinski definition) is 1. The lowest BCUT2D eigenvalue weighted by Gasteiger charge is -2.33. The molecule has 5 nitrogen and oxygen atoms in total. The van der Waals surface area contributed by atoms with Crippen molar-refractivity contribution in [2.45, 2.75) is 6.10 Å². The lowest BCUT2D eigenvalue weighted by atomic mass is 10.2. The molecule has 1 unspecified atom stereocenters. The van der Waals surface area contributed by atoms with Gasteiger partial charge in [-0.25, -0.2) is 4.98 Å². The van der Waals surface area contributed by atoms with E-state index in [1.54, 1.807) is 12.3 Å². The van der Waals surface area contributed by atoms with Gasteiger partial charge in [0.2, 0.25) is 0 Å². The molecular formula is C11H13N3O2. The molecule has 1 aromatic rings. The van der Waals surface area contributed by atoms with E-state index in [0.717, 1.165) is 12.2 Å². The molecule has 1 fully saturated rings. The quantitative estimate of drug-likeness (QED) is 0.766. The lowest BCUT2D eigenvalue weighted by Crippen LogP contribution is -2.44. The van der Waals surface area contributed by atoms with E-state index in [1.165, 1.54) is 0 Å². The van der Waals surface area contributed by atoms with Crippen LogP contribution >= 0.6 is 0 Å². The summed E-state index contributed by atoms with van der Waals surface area (Å²) in [6.45, 7) is 2.07. The summed E-state index contributed by atoms with van der Waals surface area (Å²) in [6, 6.07) is 5.54. The molecule has 1 aromatic heterocycles. The van der Waals surface area contributed by atoms with Gasteiger partial charge in [0, 0.05) is 13.1 Å². The first kappa shape index (κ1) is 10.9. The van der Waals surface area contributed by atoms with Gasteiger partial charge >= 0.3 is 0 Å². The van der Waals surface area contributed by atoms with E-state index in [2.05, 4.69) is 9.88 Å². The Morgan fingerprint density at radius 2 is 2.50 bits per heavy atom. The van der Waals surface area contributed by atoms with Crippen LogP contribution in [0, 0.1) is 11.3 Å². The van der Waals surface area contributed by atoms with Crippen LogP contribution in [0.1, 0.15) is 5.69 Å². The number of aliphatic hydroxyl groups excluding tert-OH is 1. The third-order valence-electron chi connectivity index (χ3n) is 2.57. The molecule has 5 heteroatoms. The molecule has 84 valence electrons. The molecule has 0 spiro atoms. The number of pyridine rings is 1. The van der Waals surface area contributed by atoms with Gasteiger partial charge in [0.05, 0.1) is 31.2 Å². The normalized spacial score (nSPS) is 20.5. The molecule has 1 aliphatic heterocycles. The second-order valence-corrected chi connectivity index (χ2v) is 3.63. The summed E-state index contributed by atoms with van der Waals surface area (Å²) in [5, 5.41) is 17.7. The van der Waals surface area contributed by atoms with E-state index in [4.69, 9.17) is 15.1 Å².